The summed E-state index contributed by atoms with van der Waals surface area (Å²) in [5, 5.41) is 8.99. The van der Waals surface area contributed by atoms with E-state index in [2.05, 4.69) is 25.7 Å². The zero-order chi connectivity index (χ0) is 22.6. The number of methoxy groups -OCH3 is 1. The van der Waals surface area contributed by atoms with Crippen LogP contribution in [-0.4, -0.2) is 45.7 Å². The fourth-order valence-electron chi connectivity index (χ4n) is 2.86. The molecule has 2 aromatic rings. The Morgan fingerprint density at radius 3 is 2.53 bits per heavy atom. The van der Waals surface area contributed by atoms with Crippen molar-refractivity contribution in [1.82, 2.24) is 16.0 Å². The minimum absolute atomic E-state index is 0. The van der Waals surface area contributed by atoms with Gasteiger partial charge in [-0.2, -0.15) is 8.78 Å². The van der Waals surface area contributed by atoms with Crippen molar-refractivity contribution < 1.29 is 23.0 Å². The zero-order valence-corrected chi connectivity index (χ0v) is 20.6. The summed E-state index contributed by atoms with van der Waals surface area (Å²) in [7, 11) is 2.99. The third-order valence-corrected chi connectivity index (χ3v) is 4.33. The summed E-state index contributed by atoms with van der Waals surface area (Å²) in [6.07, 6.45) is 0.699. The third-order valence-electron chi connectivity index (χ3n) is 4.33. The van der Waals surface area contributed by atoms with Gasteiger partial charge < -0.3 is 25.4 Å². The average molecular weight is 562 g/mol. The normalized spacial score (nSPS) is 10.9. The molecular formula is C22H29F2IN4O3. The van der Waals surface area contributed by atoms with Gasteiger partial charge in [0.1, 0.15) is 0 Å². The fourth-order valence-corrected chi connectivity index (χ4v) is 2.86. The van der Waals surface area contributed by atoms with Crippen molar-refractivity contribution in [2.45, 2.75) is 26.5 Å². The summed E-state index contributed by atoms with van der Waals surface area (Å²) >= 11 is 0. The lowest BCUT2D eigenvalue weighted by molar-refractivity contribution is -0.0512. The Bertz CT molecular complexity index is 897. The predicted octanol–water partition coefficient (Wildman–Crippen LogP) is 3.57. The van der Waals surface area contributed by atoms with Gasteiger partial charge in [-0.25, -0.2) is 4.99 Å². The quantitative estimate of drug-likeness (QED) is 0.235. The van der Waals surface area contributed by atoms with Gasteiger partial charge in [-0.05, 0) is 48.7 Å². The van der Waals surface area contributed by atoms with Gasteiger partial charge in [0.05, 0.1) is 13.7 Å². The largest absolute Gasteiger partial charge is 0.493 e. The molecule has 0 unspecified atom stereocenters. The van der Waals surface area contributed by atoms with Crippen LogP contribution in [0.15, 0.2) is 47.5 Å². The number of guanidine groups is 1. The summed E-state index contributed by atoms with van der Waals surface area (Å²) in [5.74, 6) is 0.674. The van der Waals surface area contributed by atoms with E-state index in [1.165, 1.54) is 13.2 Å². The average Bonchev–Trinajstić information content (AvgIpc) is 2.77. The number of hydrogen-bond donors (Lipinski definition) is 3. The minimum atomic E-state index is -2.94. The van der Waals surface area contributed by atoms with Crippen LogP contribution in [0.4, 0.5) is 8.78 Å². The minimum Gasteiger partial charge on any atom is -0.493 e. The number of carbonyl (C=O) groups is 1. The highest BCUT2D eigenvalue weighted by molar-refractivity contribution is 14.0. The van der Waals surface area contributed by atoms with Crippen molar-refractivity contribution in [3.63, 3.8) is 0 Å². The second kappa shape index (κ2) is 14.4. The Labute approximate surface area is 204 Å². The highest BCUT2D eigenvalue weighted by Gasteiger charge is 2.11. The second-order valence-corrected chi connectivity index (χ2v) is 6.52. The number of amides is 1. The van der Waals surface area contributed by atoms with Gasteiger partial charge in [0.25, 0.3) is 5.91 Å². The first-order valence-corrected chi connectivity index (χ1v) is 9.91. The number of ether oxygens (including phenoxy) is 2. The van der Waals surface area contributed by atoms with Crippen molar-refractivity contribution >= 4 is 35.8 Å². The van der Waals surface area contributed by atoms with Crippen LogP contribution in [0.2, 0.25) is 0 Å². The predicted molar refractivity (Wildman–Crippen MR) is 131 cm³/mol. The molecule has 0 aromatic heterocycles. The number of nitrogens with zero attached hydrogens (tertiary/aromatic N) is 1. The second-order valence-electron chi connectivity index (χ2n) is 6.52. The highest BCUT2D eigenvalue weighted by Crippen LogP contribution is 2.29. The fraction of sp³-hybridized carbons (Fsp3) is 0.364. The van der Waals surface area contributed by atoms with Crippen LogP contribution in [0.3, 0.4) is 0 Å². The molecule has 0 atom stereocenters. The topological polar surface area (TPSA) is 84.0 Å². The van der Waals surface area contributed by atoms with Crippen molar-refractivity contribution in [3.05, 3.63) is 59.2 Å². The number of halogens is 3. The van der Waals surface area contributed by atoms with Gasteiger partial charge in [0.2, 0.25) is 0 Å². The molecule has 0 aliphatic heterocycles. The number of carbonyl (C=O) groups excluding carboxylic acids is 1. The van der Waals surface area contributed by atoms with Gasteiger partial charge in [0, 0.05) is 25.7 Å². The van der Waals surface area contributed by atoms with Crippen LogP contribution in [0.1, 0.15) is 28.4 Å². The molecule has 0 aliphatic carbocycles. The lowest BCUT2D eigenvalue weighted by Gasteiger charge is -2.13. The molecule has 10 heteroatoms. The Morgan fingerprint density at radius 1 is 1.09 bits per heavy atom. The molecule has 176 valence electrons. The van der Waals surface area contributed by atoms with E-state index >= 15 is 0 Å². The Balaban J connectivity index is 0.00000512. The summed E-state index contributed by atoms with van der Waals surface area (Å²) in [6, 6.07) is 12.2. The SMILES string of the molecule is CCNC(=NCc1ccc(OC)c(OC(F)F)c1)NCCc1cccc(C(=O)NC)c1.I. The van der Waals surface area contributed by atoms with Crippen LogP contribution in [-0.2, 0) is 13.0 Å². The molecule has 2 aromatic carbocycles. The Kier molecular flexibility index (Phi) is 12.4. The molecule has 0 spiro atoms. The van der Waals surface area contributed by atoms with Gasteiger partial charge in [-0.1, -0.05) is 18.2 Å². The van der Waals surface area contributed by atoms with E-state index in [1.807, 2.05) is 25.1 Å². The molecule has 0 saturated heterocycles. The Hall–Kier alpha value is -2.63. The Morgan fingerprint density at radius 2 is 1.88 bits per heavy atom. The molecule has 32 heavy (non-hydrogen) atoms. The number of rotatable bonds is 10. The molecule has 3 N–H and O–H groups in total. The summed E-state index contributed by atoms with van der Waals surface area (Å²) < 4.78 is 34.8. The smallest absolute Gasteiger partial charge is 0.387 e. The molecule has 0 bridgehead atoms. The monoisotopic (exact) mass is 562 g/mol. The van der Waals surface area contributed by atoms with Crippen LogP contribution in [0, 0.1) is 0 Å². The molecule has 0 radical (unpaired) electrons. The molecule has 7 nitrogen and oxygen atoms in total. The lowest BCUT2D eigenvalue weighted by Crippen LogP contribution is -2.38. The van der Waals surface area contributed by atoms with E-state index in [4.69, 9.17) is 4.74 Å². The van der Waals surface area contributed by atoms with Crippen molar-refractivity contribution in [1.29, 1.82) is 0 Å². The standard InChI is InChI=1S/C22H28F2N4O3.HI/c1-4-26-22(27-11-10-15-6-5-7-17(12-15)20(29)25-2)28-14-16-8-9-18(30-3)19(13-16)31-21(23)24;/h5-9,12-13,21H,4,10-11,14H2,1-3H3,(H,25,29)(H2,26,27,28);1H. The van der Waals surface area contributed by atoms with Gasteiger partial charge in [-0.15, -0.1) is 24.0 Å². The lowest BCUT2D eigenvalue weighted by atomic mass is 10.1. The maximum absolute atomic E-state index is 12.6. The molecule has 0 saturated carbocycles. The van der Waals surface area contributed by atoms with Crippen LogP contribution in [0.5, 0.6) is 11.5 Å². The first kappa shape index (κ1) is 27.4. The first-order chi connectivity index (χ1) is 15.0. The number of alkyl halides is 2. The van der Waals surface area contributed by atoms with E-state index in [1.54, 1.807) is 25.2 Å². The van der Waals surface area contributed by atoms with Crippen molar-refractivity contribution in [3.8, 4) is 11.5 Å². The number of nitrogens with one attached hydrogen (secondary N) is 3. The first-order valence-electron chi connectivity index (χ1n) is 9.91. The highest BCUT2D eigenvalue weighted by atomic mass is 127. The van der Waals surface area contributed by atoms with Gasteiger partial charge >= 0.3 is 6.61 Å². The summed E-state index contributed by atoms with van der Waals surface area (Å²) in [5.41, 5.74) is 2.34. The molecular weight excluding hydrogens is 533 g/mol. The van der Waals surface area contributed by atoms with E-state index in [-0.39, 0.29) is 47.9 Å². The molecule has 0 aliphatic rings. The maximum atomic E-state index is 12.6. The van der Waals surface area contributed by atoms with Gasteiger partial charge in [0.15, 0.2) is 17.5 Å². The molecule has 2 rings (SSSR count). The number of hydrogen-bond acceptors (Lipinski definition) is 4. The maximum Gasteiger partial charge on any atom is 0.387 e. The number of aliphatic imine (C=N–C) groups is 1. The third kappa shape index (κ3) is 8.85. The van der Waals surface area contributed by atoms with Crippen molar-refractivity contribution in [2.24, 2.45) is 4.99 Å². The molecule has 1 amide bonds. The summed E-state index contributed by atoms with van der Waals surface area (Å²) in [6.45, 7) is 0.552. The van der Waals surface area contributed by atoms with Gasteiger partial charge in [-0.3, -0.25) is 4.79 Å². The molecule has 0 fully saturated rings. The molecule has 0 heterocycles. The van der Waals surface area contributed by atoms with E-state index < -0.39 is 6.61 Å². The van der Waals surface area contributed by atoms with Crippen molar-refractivity contribution in [2.75, 3.05) is 27.2 Å². The van der Waals surface area contributed by atoms with E-state index in [0.717, 1.165) is 5.56 Å². The zero-order valence-electron chi connectivity index (χ0n) is 18.3. The van der Waals surface area contributed by atoms with Crippen LogP contribution >= 0.6 is 24.0 Å². The van der Waals surface area contributed by atoms with E-state index in [0.29, 0.717) is 36.6 Å². The van der Waals surface area contributed by atoms with Crippen LogP contribution in [0.25, 0.3) is 0 Å². The number of benzene rings is 2. The van der Waals surface area contributed by atoms with Crippen LogP contribution < -0.4 is 25.4 Å². The van der Waals surface area contributed by atoms with E-state index in [9.17, 15) is 13.6 Å². The summed E-state index contributed by atoms with van der Waals surface area (Å²) in [4.78, 5) is 16.3.